The molecule has 3 heteroatoms. The molecule has 74 valence electrons. The third-order valence-electron chi connectivity index (χ3n) is 2.89. The molecule has 0 unspecified atom stereocenters. The van der Waals surface area contributed by atoms with Gasteiger partial charge in [0.15, 0.2) is 0 Å². The van der Waals surface area contributed by atoms with E-state index >= 15 is 0 Å². The average molecular weight is 199 g/mol. The van der Waals surface area contributed by atoms with Crippen LogP contribution in [0, 0.1) is 16.6 Å². The van der Waals surface area contributed by atoms with Gasteiger partial charge in [0.25, 0.3) is 0 Å². The number of hydrogen-bond donors (Lipinski definition) is 1. The van der Waals surface area contributed by atoms with E-state index in [-0.39, 0.29) is 0 Å². The van der Waals surface area contributed by atoms with Gasteiger partial charge in [0.2, 0.25) is 0 Å². The van der Waals surface area contributed by atoms with Crippen LogP contribution in [0.2, 0.25) is 0 Å². The molecule has 1 aliphatic carbocycles. The van der Waals surface area contributed by atoms with Gasteiger partial charge in [0, 0.05) is 5.25 Å². The van der Waals surface area contributed by atoms with Crippen LogP contribution in [0.25, 0.3) is 0 Å². The second-order valence-corrected chi connectivity index (χ2v) is 5.42. The summed E-state index contributed by atoms with van der Waals surface area (Å²) in [6.45, 7) is 3.77. The van der Waals surface area contributed by atoms with Crippen LogP contribution in [0.1, 0.15) is 39.5 Å². The van der Waals surface area contributed by atoms with E-state index in [9.17, 15) is 5.11 Å². The summed E-state index contributed by atoms with van der Waals surface area (Å²) in [6.07, 6.45) is 4.27. The molecule has 1 fully saturated rings. The number of hydrogen-bond acceptors (Lipinski definition) is 3. The van der Waals surface area contributed by atoms with Crippen LogP contribution in [-0.4, -0.2) is 16.0 Å². The van der Waals surface area contributed by atoms with Gasteiger partial charge >= 0.3 is 0 Å². The molecular weight excluding hydrogens is 182 g/mol. The van der Waals surface area contributed by atoms with Gasteiger partial charge in [-0.2, -0.15) is 5.26 Å². The van der Waals surface area contributed by atoms with Gasteiger partial charge in [0.05, 0.1) is 5.60 Å². The van der Waals surface area contributed by atoms with Crippen molar-refractivity contribution in [1.29, 1.82) is 5.26 Å². The predicted octanol–water partition coefficient (Wildman–Crippen LogP) is 2.53. The highest BCUT2D eigenvalue weighted by molar-refractivity contribution is 8.04. The van der Waals surface area contributed by atoms with Gasteiger partial charge in [-0.1, -0.05) is 0 Å². The predicted molar refractivity (Wildman–Crippen MR) is 55.2 cm³/mol. The van der Waals surface area contributed by atoms with Crippen molar-refractivity contribution >= 4 is 11.8 Å². The molecule has 0 bridgehead atoms. The minimum atomic E-state index is -0.539. The molecule has 0 heterocycles. The molecule has 0 aromatic rings. The molecule has 0 radical (unpaired) electrons. The van der Waals surface area contributed by atoms with E-state index in [1.165, 1.54) is 11.8 Å². The number of thioether (sulfide) groups is 1. The number of thiocyanates is 1. The first-order chi connectivity index (χ1) is 6.04. The quantitative estimate of drug-likeness (QED) is 0.695. The third kappa shape index (κ3) is 3.21. The van der Waals surface area contributed by atoms with Crippen molar-refractivity contribution in [2.45, 2.75) is 50.4 Å². The SMILES string of the molecule is CC(C)(O)C1CCC(SC#N)CC1. The van der Waals surface area contributed by atoms with Crippen LogP contribution in [0.15, 0.2) is 0 Å². The van der Waals surface area contributed by atoms with Gasteiger partial charge in [-0.05, 0) is 57.2 Å². The van der Waals surface area contributed by atoms with E-state index in [1.54, 1.807) is 0 Å². The maximum atomic E-state index is 9.79. The molecule has 0 amide bonds. The van der Waals surface area contributed by atoms with E-state index in [0.717, 1.165) is 25.7 Å². The molecule has 0 saturated heterocycles. The Labute approximate surface area is 84.3 Å². The van der Waals surface area contributed by atoms with E-state index in [2.05, 4.69) is 5.40 Å². The fourth-order valence-corrected chi connectivity index (χ4v) is 2.62. The Hall–Kier alpha value is -0.200. The second kappa shape index (κ2) is 4.34. The number of aliphatic hydroxyl groups is 1. The fraction of sp³-hybridized carbons (Fsp3) is 0.900. The topological polar surface area (TPSA) is 44.0 Å². The monoisotopic (exact) mass is 199 g/mol. The van der Waals surface area contributed by atoms with E-state index < -0.39 is 5.60 Å². The van der Waals surface area contributed by atoms with Crippen molar-refractivity contribution < 1.29 is 5.11 Å². The van der Waals surface area contributed by atoms with Crippen molar-refractivity contribution in [3.8, 4) is 5.40 Å². The molecule has 0 atom stereocenters. The molecule has 1 N–H and O–H groups in total. The smallest absolute Gasteiger partial charge is 0.133 e. The second-order valence-electron chi connectivity index (χ2n) is 4.34. The Kier molecular flexibility index (Phi) is 3.63. The maximum absolute atomic E-state index is 9.79. The maximum Gasteiger partial charge on any atom is 0.133 e. The Morgan fingerprint density at radius 1 is 1.31 bits per heavy atom. The standard InChI is InChI=1S/C10H17NOS/c1-10(2,12)8-3-5-9(6-4-8)13-7-11/h8-9,12H,3-6H2,1-2H3. The van der Waals surface area contributed by atoms with E-state index in [0.29, 0.717) is 11.2 Å². The van der Waals surface area contributed by atoms with Crippen molar-refractivity contribution in [1.82, 2.24) is 0 Å². The number of nitriles is 1. The molecule has 0 aliphatic heterocycles. The zero-order valence-electron chi connectivity index (χ0n) is 8.29. The lowest BCUT2D eigenvalue weighted by molar-refractivity contribution is 0.00157. The molecular formula is C10H17NOS. The van der Waals surface area contributed by atoms with E-state index in [4.69, 9.17) is 5.26 Å². The van der Waals surface area contributed by atoms with Crippen LogP contribution in [-0.2, 0) is 0 Å². The Balaban J connectivity index is 2.36. The average Bonchev–Trinajstić information content (AvgIpc) is 2.04. The van der Waals surface area contributed by atoms with Crippen molar-refractivity contribution in [2.75, 3.05) is 0 Å². The summed E-state index contributed by atoms with van der Waals surface area (Å²) < 4.78 is 0. The van der Waals surface area contributed by atoms with Gasteiger partial charge in [-0.3, -0.25) is 0 Å². The lowest BCUT2D eigenvalue weighted by Gasteiger charge is -2.34. The minimum Gasteiger partial charge on any atom is -0.390 e. The fourth-order valence-electron chi connectivity index (χ4n) is 1.96. The van der Waals surface area contributed by atoms with Gasteiger partial charge in [-0.25, -0.2) is 0 Å². The normalized spacial score (nSPS) is 29.7. The zero-order chi connectivity index (χ0) is 9.90. The number of rotatable bonds is 2. The van der Waals surface area contributed by atoms with Crippen molar-refractivity contribution in [3.63, 3.8) is 0 Å². The summed E-state index contributed by atoms with van der Waals surface area (Å²) in [6, 6.07) is 0. The van der Waals surface area contributed by atoms with Gasteiger partial charge in [-0.15, -0.1) is 0 Å². The number of nitrogens with zero attached hydrogens (tertiary/aromatic N) is 1. The Morgan fingerprint density at radius 3 is 2.23 bits per heavy atom. The summed E-state index contributed by atoms with van der Waals surface area (Å²) >= 11 is 1.39. The highest BCUT2D eigenvalue weighted by atomic mass is 32.2. The highest BCUT2D eigenvalue weighted by Crippen LogP contribution is 2.36. The van der Waals surface area contributed by atoms with Crippen molar-refractivity contribution in [3.05, 3.63) is 0 Å². The molecule has 1 rings (SSSR count). The van der Waals surface area contributed by atoms with Crippen LogP contribution in [0.5, 0.6) is 0 Å². The lowest BCUT2D eigenvalue weighted by atomic mass is 9.79. The minimum absolute atomic E-state index is 0.419. The van der Waals surface area contributed by atoms with Crippen LogP contribution >= 0.6 is 11.8 Å². The van der Waals surface area contributed by atoms with Gasteiger partial charge in [0.1, 0.15) is 5.40 Å². The third-order valence-corrected chi connectivity index (χ3v) is 3.80. The first-order valence-electron chi connectivity index (χ1n) is 4.81. The van der Waals surface area contributed by atoms with Crippen LogP contribution in [0.4, 0.5) is 0 Å². The molecule has 0 aromatic carbocycles. The van der Waals surface area contributed by atoms with Crippen LogP contribution < -0.4 is 0 Å². The summed E-state index contributed by atoms with van der Waals surface area (Å²) in [7, 11) is 0. The molecule has 1 aliphatic rings. The lowest BCUT2D eigenvalue weighted by Crippen LogP contribution is -2.34. The van der Waals surface area contributed by atoms with Crippen LogP contribution in [0.3, 0.4) is 0 Å². The summed E-state index contributed by atoms with van der Waals surface area (Å²) in [5, 5.41) is 20.9. The highest BCUT2D eigenvalue weighted by Gasteiger charge is 2.31. The largest absolute Gasteiger partial charge is 0.390 e. The Bertz CT molecular complexity index is 196. The Morgan fingerprint density at radius 2 is 1.85 bits per heavy atom. The summed E-state index contributed by atoms with van der Waals surface area (Å²) in [5.74, 6) is 0.419. The van der Waals surface area contributed by atoms with Gasteiger partial charge < -0.3 is 5.11 Å². The zero-order valence-corrected chi connectivity index (χ0v) is 9.10. The molecule has 13 heavy (non-hydrogen) atoms. The first kappa shape index (κ1) is 10.9. The molecule has 0 aromatic heterocycles. The van der Waals surface area contributed by atoms with E-state index in [1.807, 2.05) is 13.8 Å². The van der Waals surface area contributed by atoms with Crippen molar-refractivity contribution in [2.24, 2.45) is 5.92 Å². The molecule has 2 nitrogen and oxygen atoms in total. The summed E-state index contributed by atoms with van der Waals surface area (Å²) in [5.41, 5.74) is -0.539. The first-order valence-corrected chi connectivity index (χ1v) is 5.69. The summed E-state index contributed by atoms with van der Waals surface area (Å²) in [4.78, 5) is 0. The molecule has 1 saturated carbocycles. The molecule has 0 spiro atoms.